The molecule has 0 aliphatic rings. The predicted molar refractivity (Wildman–Crippen MR) is 93.0 cm³/mol. The van der Waals surface area contributed by atoms with Crippen molar-refractivity contribution in [3.05, 3.63) is 59.7 Å². The third-order valence-electron chi connectivity index (χ3n) is 3.80. The van der Waals surface area contributed by atoms with Gasteiger partial charge in [-0.05, 0) is 43.3 Å². The number of nitrogens with zero attached hydrogens (tertiary/aromatic N) is 3. The van der Waals surface area contributed by atoms with E-state index in [1.165, 1.54) is 0 Å². The lowest BCUT2D eigenvalue weighted by molar-refractivity contribution is 0.415. The maximum atomic E-state index is 5.20. The Kier molecular flexibility index (Phi) is 3.35. The molecule has 0 atom stereocenters. The number of hydrogen-bond donors (Lipinski definition) is 0. The van der Waals surface area contributed by atoms with Crippen molar-refractivity contribution in [2.75, 3.05) is 7.11 Å². The quantitative estimate of drug-likeness (QED) is 0.560. The van der Waals surface area contributed by atoms with E-state index in [9.17, 15) is 0 Å². The lowest BCUT2D eigenvalue weighted by Crippen LogP contribution is -1.88. The molecule has 0 N–H and O–H groups in total. The molecule has 4 nitrogen and oxygen atoms in total. The Hall–Kier alpha value is -2.66. The van der Waals surface area contributed by atoms with Crippen LogP contribution in [0.25, 0.3) is 27.6 Å². The van der Waals surface area contributed by atoms with Crippen molar-refractivity contribution >= 4 is 17.0 Å². The third kappa shape index (κ3) is 2.39. The van der Waals surface area contributed by atoms with E-state index in [2.05, 4.69) is 14.8 Å². The Morgan fingerprint density at radius 1 is 1.04 bits per heavy atom. The summed E-state index contributed by atoms with van der Waals surface area (Å²) in [6.07, 6.45) is 2.03. The molecule has 5 heteroatoms. The van der Waals surface area contributed by atoms with E-state index in [-0.39, 0.29) is 0 Å². The number of aryl methyl sites for hydroxylation is 1. The molecule has 0 aliphatic carbocycles. The molecule has 0 bridgehead atoms. The molecule has 0 saturated heterocycles. The van der Waals surface area contributed by atoms with Gasteiger partial charge in [0.25, 0.3) is 0 Å². The van der Waals surface area contributed by atoms with Gasteiger partial charge in [-0.15, -0.1) is 11.3 Å². The zero-order valence-electron chi connectivity index (χ0n) is 12.9. The van der Waals surface area contributed by atoms with Crippen LogP contribution in [0, 0.1) is 6.92 Å². The lowest BCUT2D eigenvalue weighted by atomic mass is 10.2. The molecule has 3 heterocycles. The first kappa shape index (κ1) is 14.0. The second kappa shape index (κ2) is 5.52. The van der Waals surface area contributed by atoms with Crippen LogP contribution in [0.3, 0.4) is 0 Å². The molecular formula is C18H15N3OS. The van der Waals surface area contributed by atoms with E-state index in [4.69, 9.17) is 9.72 Å². The summed E-state index contributed by atoms with van der Waals surface area (Å²) in [6.45, 7) is 2.02. The number of thiazole rings is 1. The number of fused-ring (bicyclic) bond motifs is 1. The fourth-order valence-electron chi connectivity index (χ4n) is 2.65. The molecule has 114 valence electrons. The number of methoxy groups -OCH3 is 1. The first-order valence-corrected chi connectivity index (χ1v) is 8.18. The van der Waals surface area contributed by atoms with Crippen LogP contribution in [0.15, 0.2) is 54.0 Å². The molecule has 0 spiro atoms. The third-order valence-corrected chi connectivity index (χ3v) is 4.65. The van der Waals surface area contributed by atoms with Crippen molar-refractivity contribution in [1.29, 1.82) is 0 Å². The highest BCUT2D eigenvalue weighted by atomic mass is 32.1. The highest BCUT2D eigenvalue weighted by Gasteiger charge is 2.14. The molecule has 0 amide bonds. The smallest absolute Gasteiger partial charge is 0.142 e. The Labute approximate surface area is 138 Å². The zero-order valence-corrected chi connectivity index (χ0v) is 13.7. The largest absolute Gasteiger partial charge is 0.497 e. The average Bonchev–Trinajstić information content (AvgIpc) is 3.18. The number of pyridine rings is 1. The van der Waals surface area contributed by atoms with E-state index in [1.807, 2.05) is 55.6 Å². The monoisotopic (exact) mass is 321 g/mol. The van der Waals surface area contributed by atoms with Gasteiger partial charge in [-0.3, -0.25) is 4.40 Å². The fraction of sp³-hybridized carbons (Fsp3) is 0.111. The van der Waals surface area contributed by atoms with Gasteiger partial charge in [-0.25, -0.2) is 9.97 Å². The van der Waals surface area contributed by atoms with E-state index in [1.54, 1.807) is 18.4 Å². The molecule has 0 unspecified atom stereocenters. The van der Waals surface area contributed by atoms with E-state index in [0.29, 0.717) is 0 Å². The van der Waals surface area contributed by atoms with Gasteiger partial charge in [0.1, 0.15) is 22.1 Å². The minimum absolute atomic E-state index is 0.849. The van der Waals surface area contributed by atoms with E-state index in [0.717, 1.165) is 39.0 Å². The van der Waals surface area contributed by atoms with E-state index < -0.39 is 0 Å². The number of ether oxygens (including phenoxy) is 1. The normalized spacial score (nSPS) is 11.0. The Balaban J connectivity index is 1.78. The molecule has 4 rings (SSSR count). The first-order valence-electron chi connectivity index (χ1n) is 7.30. The number of rotatable bonds is 3. The highest BCUT2D eigenvalue weighted by Crippen LogP contribution is 2.31. The van der Waals surface area contributed by atoms with Gasteiger partial charge in [0.15, 0.2) is 0 Å². The van der Waals surface area contributed by atoms with Crippen LogP contribution in [0.2, 0.25) is 0 Å². The van der Waals surface area contributed by atoms with Gasteiger partial charge in [0, 0.05) is 17.1 Å². The molecule has 3 aromatic heterocycles. The average molecular weight is 321 g/mol. The summed E-state index contributed by atoms with van der Waals surface area (Å²) >= 11 is 1.64. The second-order valence-corrected chi connectivity index (χ2v) is 6.10. The van der Waals surface area contributed by atoms with Gasteiger partial charge >= 0.3 is 0 Å². The minimum atomic E-state index is 0.849. The molecule has 0 saturated carbocycles. The highest BCUT2D eigenvalue weighted by molar-refractivity contribution is 7.13. The predicted octanol–water partition coefficient (Wildman–Crippen LogP) is 4.44. The summed E-state index contributed by atoms with van der Waals surface area (Å²) in [5.41, 5.74) is 5.05. The Morgan fingerprint density at radius 3 is 2.65 bits per heavy atom. The van der Waals surface area contributed by atoms with Crippen molar-refractivity contribution in [3.63, 3.8) is 0 Å². The Morgan fingerprint density at radius 2 is 1.87 bits per heavy atom. The Bertz CT molecular complexity index is 970. The molecule has 0 fully saturated rings. The summed E-state index contributed by atoms with van der Waals surface area (Å²) in [6, 6.07) is 14.0. The number of benzene rings is 1. The van der Waals surface area contributed by atoms with Crippen molar-refractivity contribution in [2.24, 2.45) is 0 Å². The van der Waals surface area contributed by atoms with Gasteiger partial charge in [0.05, 0.1) is 18.5 Å². The molecule has 0 aliphatic heterocycles. The molecule has 1 aromatic carbocycles. The molecule has 23 heavy (non-hydrogen) atoms. The minimum Gasteiger partial charge on any atom is -0.497 e. The van der Waals surface area contributed by atoms with Crippen LogP contribution in [-0.4, -0.2) is 21.5 Å². The fourth-order valence-corrected chi connectivity index (χ4v) is 3.57. The van der Waals surface area contributed by atoms with Gasteiger partial charge in [0.2, 0.25) is 0 Å². The van der Waals surface area contributed by atoms with Gasteiger partial charge in [-0.1, -0.05) is 6.07 Å². The summed E-state index contributed by atoms with van der Waals surface area (Å²) in [4.78, 5) is 9.41. The second-order valence-electron chi connectivity index (χ2n) is 5.24. The number of imidazole rings is 1. The van der Waals surface area contributed by atoms with Gasteiger partial charge in [-0.2, -0.15) is 0 Å². The topological polar surface area (TPSA) is 39.4 Å². The summed E-state index contributed by atoms with van der Waals surface area (Å²) < 4.78 is 7.29. The summed E-state index contributed by atoms with van der Waals surface area (Å²) in [7, 11) is 1.67. The van der Waals surface area contributed by atoms with Crippen LogP contribution < -0.4 is 4.74 Å². The standard InChI is InChI=1S/C18H15N3OS/c1-12-17(21-10-4-3-5-16(21)19-12)18-20-15(11-23-18)13-6-8-14(22-2)9-7-13/h3-11H,1-2H3. The van der Waals surface area contributed by atoms with E-state index >= 15 is 0 Å². The maximum Gasteiger partial charge on any atom is 0.142 e. The van der Waals surface area contributed by atoms with Crippen LogP contribution >= 0.6 is 11.3 Å². The van der Waals surface area contributed by atoms with Crippen molar-refractivity contribution in [1.82, 2.24) is 14.4 Å². The van der Waals surface area contributed by atoms with Crippen molar-refractivity contribution in [2.45, 2.75) is 6.92 Å². The first-order chi connectivity index (χ1) is 11.3. The molecule has 4 aromatic rings. The molecule has 0 radical (unpaired) electrons. The summed E-state index contributed by atoms with van der Waals surface area (Å²) in [5.74, 6) is 0.849. The van der Waals surface area contributed by atoms with Gasteiger partial charge < -0.3 is 4.74 Å². The van der Waals surface area contributed by atoms with Crippen LogP contribution in [0.5, 0.6) is 5.75 Å². The van der Waals surface area contributed by atoms with Crippen LogP contribution in [0.4, 0.5) is 0 Å². The number of hydrogen-bond acceptors (Lipinski definition) is 4. The molecular weight excluding hydrogens is 306 g/mol. The van der Waals surface area contributed by atoms with Crippen LogP contribution in [-0.2, 0) is 0 Å². The van der Waals surface area contributed by atoms with Crippen molar-refractivity contribution in [3.8, 4) is 27.7 Å². The lowest BCUT2D eigenvalue weighted by Gasteiger charge is -2.01. The SMILES string of the molecule is COc1ccc(-c2csc(-c3c(C)nc4ccccn34)n2)cc1. The zero-order chi connectivity index (χ0) is 15.8. The maximum absolute atomic E-state index is 5.20. The van der Waals surface area contributed by atoms with Crippen LogP contribution in [0.1, 0.15) is 5.69 Å². The number of aromatic nitrogens is 3. The van der Waals surface area contributed by atoms with Crippen molar-refractivity contribution < 1.29 is 4.74 Å². The summed E-state index contributed by atoms with van der Waals surface area (Å²) in [5, 5.41) is 3.06.